The molecule has 7 nitrogen and oxygen atoms in total. The van der Waals surface area contributed by atoms with Crippen LogP contribution in [0.25, 0.3) is 0 Å². The van der Waals surface area contributed by atoms with E-state index in [1.165, 1.54) is 43.9 Å². The van der Waals surface area contributed by atoms with Crippen LogP contribution in [0, 0.1) is 5.92 Å². The first-order valence-electron chi connectivity index (χ1n) is 10.8. The molecule has 0 atom stereocenters. The number of morpholine rings is 1. The lowest BCUT2D eigenvalue weighted by Gasteiger charge is -2.28. The first-order chi connectivity index (χ1) is 13.6. The molecule has 0 bridgehead atoms. The van der Waals surface area contributed by atoms with Crippen LogP contribution < -0.4 is 10.2 Å². The van der Waals surface area contributed by atoms with Crippen LogP contribution >= 0.6 is 11.8 Å². The number of hydrogen-bond donors (Lipinski definition) is 1. The minimum Gasteiger partial charge on any atom is -0.378 e. The number of nitrogens with one attached hydrogen (secondary N) is 1. The van der Waals surface area contributed by atoms with E-state index in [1.807, 2.05) is 0 Å². The summed E-state index contributed by atoms with van der Waals surface area (Å²) in [5, 5.41) is 12.9. The van der Waals surface area contributed by atoms with Gasteiger partial charge in [-0.25, -0.2) is 0 Å². The highest BCUT2D eigenvalue weighted by Gasteiger charge is 2.22. The molecule has 0 aromatic carbocycles. The molecule has 2 heterocycles. The number of anilines is 1. The van der Waals surface area contributed by atoms with E-state index in [0.717, 1.165) is 56.8 Å². The average Bonchev–Trinajstić information content (AvgIpc) is 3.05. The van der Waals surface area contributed by atoms with Crippen molar-refractivity contribution in [2.24, 2.45) is 5.92 Å². The lowest BCUT2D eigenvalue weighted by Crippen LogP contribution is -2.38. The monoisotopic (exact) mass is 409 g/mol. The summed E-state index contributed by atoms with van der Waals surface area (Å²) in [6, 6.07) is 0.339. The SMILES string of the molecule is CC(C)Cn1c(SCC(=O)NC2CCCCCCC2)nnc1N1CCOCC1. The molecule has 2 aliphatic rings. The molecule has 0 spiro atoms. The molecule has 1 saturated carbocycles. The predicted molar refractivity (Wildman–Crippen MR) is 113 cm³/mol. The molecule has 2 fully saturated rings. The lowest BCUT2D eigenvalue weighted by atomic mass is 9.97. The second kappa shape index (κ2) is 11.0. The van der Waals surface area contributed by atoms with Gasteiger partial charge in [-0.1, -0.05) is 57.7 Å². The summed E-state index contributed by atoms with van der Waals surface area (Å²) in [6.45, 7) is 8.36. The molecule has 1 aromatic rings. The quantitative estimate of drug-likeness (QED) is 0.698. The third-order valence-electron chi connectivity index (χ3n) is 5.34. The molecule has 158 valence electrons. The second-order valence-corrected chi connectivity index (χ2v) is 9.23. The number of carbonyl (C=O) groups is 1. The van der Waals surface area contributed by atoms with Gasteiger partial charge in [0.05, 0.1) is 19.0 Å². The number of rotatable bonds is 7. The molecule has 1 aliphatic carbocycles. The average molecular weight is 410 g/mol. The van der Waals surface area contributed by atoms with Crippen LogP contribution in [0.3, 0.4) is 0 Å². The van der Waals surface area contributed by atoms with Crippen LogP contribution in [0.5, 0.6) is 0 Å². The lowest BCUT2D eigenvalue weighted by molar-refractivity contribution is -0.119. The number of hydrogen-bond acceptors (Lipinski definition) is 6. The van der Waals surface area contributed by atoms with Crippen LogP contribution in [0.4, 0.5) is 5.95 Å². The van der Waals surface area contributed by atoms with Crippen molar-refractivity contribution in [3.8, 4) is 0 Å². The van der Waals surface area contributed by atoms with E-state index in [1.54, 1.807) is 0 Å². The number of ether oxygens (including phenoxy) is 1. The van der Waals surface area contributed by atoms with E-state index >= 15 is 0 Å². The van der Waals surface area contributed by atoms with Crippen molar-refractivity contribution in [3.63, 3.8) is 0 Å². The Bertz CT molecular complexity index is 608. The van der Waals surface area contributed by atoms with Crippen molar-refractivity contribution in [1.29, 1.82) is 0 Å². The molecule has 0 radical (unpaired) electrons. The van der Waals surface area contributed by atoms with Crippen molar-refractivity contribution < 1.29 is 9.53 Å². The highest BCUT2D eigenvalue weighted by Crippen LogP contribution is 2.24. The largest absolute Gasteiger partial charge is 0.378 e. The first kappa shape index (κ1) is 21.4. The van der Waals surface area contributed by atoms with Gasteiger partial charge in [0.2, 0.25) is 11.9 Å². The van der Waals surface area contributed by atoms with Gasteiger partial charge in [0.15, 0.2) is 5.16 Å². The molecule has 28 heavy (non-hydrogen) atoms. The summed E-state index contributed by atoms with van der Waals surface area (Å²) in [7, 11) is 0. The molecule has 1 amide bonds. The number of carbonyl (C=O) groups excluding carboxylic acids is 1. The van der Waals surface area contributed by atoms with E-state index in [2.05, 4.69) is 38.8 Å². The standard InChI is InChI=1S/C20H35N5O2S/c1-16(2)14-25-19(24-10-12-27-13-11-24)22-23-20(25)28-15-18(26)21-17-8-6-4-3-5-7-9-17/h16-17H,3-15H2,1-2H3,(H,21,26). The van der Waals surface area contributed by atoms with Crippen molar-refractivity contribution in [2.75, 3.05) is 37.0 Å². The number of nitrogens with zero attached hydrogens (tertiary/aromatic N) is 4. The fourth-order valence-electron chi connectivity index (χ4n) is 3.91. The van der Waals surface area contributed by atoms with Crippen LogP contribution in [0.1, 0.15) is 58.8 Å². The Labute approximate surface area is 173 Å². The summed E-state index contributed by atoms with van der Waals surface area (Å²) in [5.41, 5.74) is 0. The molecular formula is C20H35N5O2S. The molecule has 0 unspecified atom stereocenters. The van der Waals surface area contributed by atoms with Crippen LogP contribution in [-0.2, 0) is 16.1 Å². The third kappa shape index (κ3) is 6.37. The van der Waals surface area contributed by atoms with Gasteiger partial charge in [-0.2, -0.15) is 0 Å². The van der Waals surface area contributed by atoms with Gasteiger partial charge < -0.3 is 15.0 Å². The van der Waals surface area contributed by atoms with Gasteiger partial charge in [0, 0.05) is 25.7 Å². The Kier molecular flexibility index (Phi) is 8.45. The van der Waals surface area contributed by atoms with E-state index in [4.69, 9.17) is 4.74 Å². The van der Waals surface area contributed by atoms with E-state index in [9.17, 15) is 4.79 Å². The van der Waals surface area contributed by atoms with Crippen molar-refractivity contribution in [3.05, 3.63) is 0 Å². The topological polar surface area (TPSA) is 72.3 Å². The summed E-state index contributed by atoms with van der Waals surface area (Å²) in [6.07, 6.45) is 8.61. The van der Waals surface area contributed by atoms with E-state index in [-0.39, 0.29) is 5.91 Å². The predicted octanol–water partition coefficient (Wildman–Crippen LogP) is 3.09. The van der Waals surface area contributed by atoms with E-state index < -0.39 is 0 Å². The van der Waals surface area contributed by atoms with Crippen molar-refractivity contribution in [1.82, 2.24) is 20.1 Å². The zero-order chi connectivity index (χ0) is 19.8. The minimum atomic E-state index is 0.114. The Morgan fingerprint density at radius 3 is 2.50 bits per heavy atom. The van der Waals surface area contributed by atoms with Gasteiger partial charge in [-0.05, 0) is 18.8 Å². The summed E-state index contributed by atoms with van der Waals surface area (Å²) >= 11 is 1.50. The molecule has 1 saturated heterocycles. The first-order valence-corrected chi connectivity index (χ1v) is 11.8. The number of thioether (sulfide) groups is 1. The Morgan fingerprint density at radius 2 is 1.82 bits per heavy atom. The number of amides is 1. The van der Waals surface area contributed by atoms with Gasteiger partial charge >= 0.3 is 0 Å². The van der Waals surface area contributed by atoms with Crippen LogP contribution in [-0.4, -0.2) is 58.8 Å². The third-order valence-corrected chi connectivity index (χ3v) is 6.31. The minimum absolute atomic E-state index is 0.114. The molecule has 8 heteroatoms. The molecular weight excluding hydrogens is 374 g/mol. The van der Waals surface area contributed by atoms with Gasteiger partial charge in [0.1, 0.15) is 0 Å². The second-order valence-electron chi connectivity index (χ2n) is 8.28. The van der Waals surface area contributed by atoms with Crippen molar-refractivity contribution in [2.45, 2.75) is 76.5 Å². The summed E-state index contributed by atoms with van der Waals surface area (Å²) in [5.74, 6) is 1.90. The summed E-state index contributed by atoms with van der Waals surface area (Å²) < 4.78 is 7.63. The fourth-order valence-corrected chi connectivity index (χ4v) is 4.66. The maximum atomic E-state index is 12.5. The zero-order valence-corrected chi connectivity index (χ0v) is 18.2. The van der Waals surface area contributed by atoms with E-state index in [0.29, 0.717) is 17.7 Å². The normalized spacial score (nSPS) is 19.5. The van der Waals surface area contributed by atoms with Gasteiger partial charge in [-0.15, -0.1) is 10.2 Å². The Morgan fingerprint density at radius 1 is 1.14 bits per heavy atom. The highest BCUT2D eigenvalue weighted by atomic mass is 32.2. The summed E-state index contributed by atoms with van der Waals surface area (Å²) in [4.78, 5) is 14.7. The molecule has 3 rings (SSSR count). The zero-order valence-electron chi connectivity index (χ0n) is 17.4. The van der Waals surface area contributed by atoms with Gasteiger partial charge in [-0.3, -0.25) is 9.36 Å². The fraction of sp³-hybridized carbons (Fsp3) is 0.850. The Balaban J connectivity index is 1.57. The molecule has 1 aliphatic heterocycles. The van der Waals surface area contributed by atoms with Crippen LogP contribution in [0.2, 0.25) is 0 Å². The smallest absolute Gasteiger partial charge is 0.230 e. The Hall–Kier alpha value is -1.28. The maximum Gasteiger partial charge on any atom is 0.230 e. The molecule has 1 aromatic heterocycles. The highest BCUT2D eigenvalue weighted by molar-refractivity contribution is 7.99. The maximum absolute atomic E-state index is 12.5. The molecule has 1 N–H and O–H groups in total. The number of aromatic nitrogens is 3. The van der Waals surface area contributed by atoms with Crippen LogP contribution in [0.15, 0.2) is 5.16 Å². The van der Waals surface area contributed by atoms with Crippen molar-refractivity contribution >= 4 is 23.6 Å². The van der Waals surface area contributed by atoms with Gasteiger partial charge in [0.25, 0.3) is 0 Å².